The quantitative estimate of drug-likeness (QED) is 0.835. The summed E-state index contributed by atoms with van der Waals surface area (Å²) in [6, 6.07) is 7.78. The molecule has 0 bridgehead atoms. The number of rotatable bonds is 3. The predicted octanol–water partition coefficient (Wildman–Crippen LogP) is 2.21. The maximum absolute atomic E-state index is 5.55. The zero-order valence-electron chi connectivity index (χ0n) is 9.83. The molecule has 0 fully saturated rings. The second kappa shape index (κ2) is 4.59. The molecular formula is C12H12N4O2. The van der Waals surface area contributed by atoms with Crippen molar-refractivity contribution in [2.75, 3.05) is 24.3 Å². The van der Waals surface area contributed by atoms with Crippen molar-refractivity contribution in [1.29, 1.82) is 0 Å². The van der Waals surface area contributed by atoms with Crippen LogP contribution in [0.25, 0.3) is 0 Å². The molecule has 2 heterocycles. The van der Waals surface area contributed by atoms with Crippen LogP contribution in [0.2, 0.25) is 0 Å². The van der Waals surface area contributed by atoms with Crippen molar-refractivity contribution < 1.29 is 9.57 Å². The van der Waals surface area contributed by atoms with Gasteiger partial charge in [-0.3, -0.25) is 0 Å². The van der Waals surface area contributed by atoms with Gasteiger partial charge in [-0.05, 0) is 12.1 Å². The molecule has 0 saturated heterocycles. The van der Waals surface area contributed by atoms with Gasteiger partial charge in [-0.15, -0.1) is 0 Å². The Labute approximate surface area is 104 Å². The molecule has 1 aliphatic heterocycles. The Hall–Kier alpha value is -2.18. The molecule has 0 unspecified atom stereocenters. The van der Waals surface area contributed by atoms with Crippen molar-refractivity contribution in [3.05, 3.63) is 36.7 Å². The van der Waals surface area contributed by atoms with Crippen LogP contribution in [0, 0.1) is 0 Å². The first-order valence-corrected chi connectivity index (χ1v) is 5.49. The zero-order chi connectivity index (χ0) is 12.4. The van der Waals surface area contributed by atoms with E-state index < -0.39 is 0 Å². The molecule has 1 aliphatic rings. The molecule has 0 atom stereocenters. The fourth-order valence-electron chi connectivity index (χ4n) is 1.80. The standard InChI is InChI=1S/C12H12N4O2/c1-17-8-18-16-10-5-3-2-4-9(10)15-11-12(16)14-7-6-13-11/h2-7H,8H2,1H3,(H,13,15). The number of methoxy groups -OCH3 is 1. The summed E-state index contributed by atoms with van der Waals surface area (Å²) in [7, 11) is 1.58. The Balaban J connectivity index is 2.05. The Morgan fingerprint density at radius 3 is 2.94 bits per heavy atom. The van der Waals surface area contributed by atoms with Crippen LogP contribution >= 0.6 is 0 Å². The fraction of sp³-hybridized carbons (Fsp3) is 0.167. The van der Waals surface area contributed by atoms with Crippen LogP contribution in [-0.4, -0.2) is 23.9 Å². The third kappa shape index (κ3) is 1.77. The minimum Gasteiger partial charge on any atom is -0.356 e. The lowest BCUT2D eigenvalue weighted by atomic mass is 10.2. The normalized spacial score (nSPS) is 12.6. The van der Waals surface area contributed by atoms with E-state index in [0.29, 0.717) is 11.6 Å². The molecule has 1 aromatic carbocycles. The van der Waals surface area contributed by atoms with Crippen molar-refractivity contribution in [3.63, 3.8) is 0 Å². The lowest BCUT2D eigenvalue weighted by Gasteiger charge is -2.30. The molecular weight excluding hydrogens is 232 g/mol. The average Bonchev–Trinajstić information content (AvgIpc) is 2.43. The molecule has 2 aromatic rings. The number of fused-ring (bicyclic) bond motifs is 2. The maximum atomic E-state index is 5.55. The van der Waals surface area contributed by atoms with Gasteiger partial charge in [0.2, 0.25) is 5.82 Å². The van der Waals surface area contributed by atoms with Crippen molar-refractivity contribution in [2.24, 2.45) is 0 Å². The van der Waals surface area contributed by atoms with Gasteiger partial charge in [0.05, 0.1) is 11.4 Å². The number of hydrogen-bond donors (Lipinski definition) is 1. The second-order valence-corrected chi connectivity index (χ2v) is 3.70. The summed E-state index contributed by atoms with van der Waals surface area (Å²) < 4.78 is 4.94. The van der Waals surface area contributed by atoms with E-state index in [2.05, 4.69) is 15.3 Å². The van der Waals surface area contributed by atoms with E-state index >= 15 is 0 Å². The first-order valence-electron chi connectivity index (χ1n) is 5.49. The predicted molar refractivity (Wildman–Crippen MR) is 66.9 cm³/mol. The number of nitrogens with zero attached hydrogens (tertiary/aromatic N) is 3. The minimum absolute atomic E-state index is 0.143. The molecule has 92 valence electrons. The van der Waals surface area contributed by atoms with E-state index in [9.17, 15) is 0 Å². The summed E-state index contributed by atoms with van der Waals surface area (Å²) in [5, 5.41) is 4.83. The van der Waals surface area contributed by atoms with Crippen LogP contribution in [0.1, 0.15) is 0 Å². The Morgan fingerprint density at radius 1 is 1.22 bits per heavy atom. The number of benzene rings is 1. The Bertz CT molecular complexity index is 516. The van der Waals surface area contributed by atoms with Crippen molar-refractivity contribution in [2.45, 2.75) is 0 Å². The lowest BCUT2D eigenvalue weighted by molar-refractivity contribution is -0.0314. The highest BCUT2D eigenvalue weighted by atomic mass is 16.8. The van der Waals surface area contributed by atoms with Gasteiger partial charge in [0, 0.05) is 19.5 Å². The first-order chi connectivity index (χ1) is 8.90. The number of para-hydroxylation sites is 2. The number of aromatic nitrogens is 2. The Morgan fingerprint density at radius 2 is 2.06 bits per heavy atom. The summed E-state index contributed by atoms with van der Waals surface area (Å²) in [5.41, 5.74) is 1.80. The van der Waals surface area contributed by atoms with Crippen LogP contribution < -0.4 is 10.4 Å². The molecule has 6 nitrogen and oxygen atoms in total. The molecule has 0 radical (unpaired) electrons. The van der Waals surface area contributed by atoms with Gasteiger partial charge >= 0.3 is 0 Å². The molecule has 0 amide bonds. The number of anilines is 4. The summed E-state index contributed by atoms with van der Waals surface area (Å²) in [6.07, 6.45) is 3.26. The largest absolute Gasteiger partial charge is 0.356 e. The summed E-state index contributed by atoms with van der Waals surface area (Å²) in [4.78, 5) is 14.1. The summed E-state index contributed by atoms with van der Waals surface area (Å²) in [6.45, 7) is 0.143. The van der Waals surface area contributed by atoms with Crippen molar-refractivity contribution in [1.82, 2.24) is 9.97 Å². The molecule has 6 heteroatoms. The summed E-state index contributed by atoms with van der Waals surface area (Å²) >= 11 is 0. The molecule has 0 aliphatic carbocycles. The molecule has 1 N–H and O–H groups in total. The molecule has 1 aromatic heterocycles. The first kappa shape index (κ1) is 10.9. The maximum Gasteiger partial charge on any atom is 0.201 e. The van der Waals surface area contributed by atoms with E-state index in [1.165, 1.54) is 0 Å². The number of hydrogen-bond acceptors (Lipinski definition) is 6. The third-order valence-corrected chi connectivity index (χ3v) is 2.55. The zero-order valence-corrected chi connectivity index (χ0v) is 9.83. The molecule has 18 heavy (non-hydrogen) atoms. The SMILES string of the molecule is COCON1c2ccccc2Nc2nccnc21. The van der Waals surface area contributed by atoms with Crippen LogP contribution in [-0.2, 0) is 9.57 Å². The highest BCUT2D eigenvalue weighted by molar-refractivity contribution is 5.86. The Kier molecular flexibility index (Phi) is 2.79. The monoisotopic (exact) mass is 244 g/mol. The van der Waals surface area contributed by atoms with Gasteiger partial charge in [0.25, 0.3) is 0 Å². The number of nitrogens with one attached hydrogen (secondary N) is 1. The van der Waals surface area contributed by atoms with Crippen molar-refractivity contribution in [3.8, 4) is 0 Å². The third-order valence-electron chi connectivity index (χ3n) is 2.55. The van der Waals surface area contributed by atoms with Crippen LogP contribution in [0.5, 0.6) is 0 Å². The highest BCUT2D eigenvalue weighted by Gasteiger charge is 2.25. The van der Waals surface area contributed by atoms with Crippen LogP contribution in [0.4, 0.5) is 23.0 Å². The van der Waals surface area contributed by atoms with Gasteiger partial charge in [-0.25, -0.2) is 14.8 Å². The lowest BCUT2D eigenvalue weighted by Crippen LogP contribution is -2.25. The minimum atomic E-state index is 0.143. The van der Waals surface area contributed by atoms with E-state index in [1.54, 1.807) is 24.6 Å². The van der Waals surface area contributed by atoms with E-state index in [-0.39, 0.29) is 6.79 Å². The van der Waals surface area contributed by atoms with Crippen molar-refractivity contribution >= 4 is 23.0 Å². The van der Waals surface area contributed by atoms with Crippen LogP contribution in [0.3, 0.4) is 0 Å². The summed E-state index contributed by atoms with van der Waals surface area (Å²) in [5.74, 6) is 1.28. The van der Waals surface area contributed by atoms with E-state index in [4.69, 9.17) is 9.57 Å². The molecule has 0 saturated carbocycles. The van der Waals surface area contributed by atoms with Gasteiger partial charge < -0.3 is 10.1 Å². The number of ether oxygens (including phenoxy) is 1. The molecule has 3 rings (SSSR count). The van der Waals surface area contributed by atoms with E-state index in [0.717, 1.165) is 11.4 Å². The smallest absolute Gasteiger partial charge is 0.201 e. The van der Waals surface area contributed by atoms with E-state index in [1.807, 2.05) is 24.3 Å². The highest BCUT2D eigenvalue weighted by Crippen LogP contribution is 2.40. The topological polar surface area (TPSA) is 59.5 Å². The van der Waals surface area contributed by atoms with Crippen LogP contribution in [0.15, 0.2) is 36.7 Å². The second-order valence-electron chi connectivity index (χ2n) is 3.70. The fourth-order valence-corrected chi connectivity index (χ4v) is 1.80. The average molecular weight is 244 g/mol. The van der Waals surface area contributed by atoms with Gasteiger partial charge in [0.1, 0.15) is 0 Å². The van der Waals surface area contributed by atoms with Gasteiger partial charge in [0.15, 0.2) is 12.6 Å². The van der Waals surface area contributed by atoms with Gasteiger partial charge in [-0.1, -0.05) is 12.1 Å². The van der Waals surface area contributed by atoms with Gasteiger partial charge in [-0.2, -0.15) is 5.06 Å². The molecule has 0 spiro atoms.